The zero-order valence-electron chi connectivity index (χ0n) is 17.3. The van der Waals surface area contributed by atoms with Crippen molar-refractivity contribution in [3.05, 3.63) is 83.4 Å². The SMILES string of the molecule is O=C(O)c1ccc(C=C(CCOc2cccc3ccccc23)CN2CCCC2=O)cc1. The number of hydrogen-bond donors (Lipinski definition) is 1. The summed E-state index contributed by atoms with van der Waals surface area (Å²) in [7, 11) is 0. The van der Waals surface area contributed by atoms with E-state index in [4.69, 9.17) is 9.84 Å². The van der Waals surface area contributed by atoms with E-state index in [1.165, 1.54) is 0 Å². The van der Waals surface area contributed by atoms with E-state index in [-0.39, 0.29) is 11.5 Å². The molecule has 0 bridgehead atoms. The minimum absolute atomic E-state index is 0.182. The van der Waals surface area contributed by atoms with Crippen molar-refractivity contribution in [1.82, 2.24) is 4.90 Å². The third-order valence-corrected chi connectivity index (χ3v) is 5.52. The molecule has 1 heterocycles. The molecule has 4 rings (SSSR count). The number of carboxylic acid groups (broad SMARTS) is 1. The first kappa shape index (κ1) is 20.7. The topological polar surface area (TPSA) is 66.8 Å². The Bertz CT molecular complexity index is 1110. The minimum Gasteiger partial charge on any atom is -0.493 e. The number of nitrogens with zero attached hydrogens (tertiary/aromatic N) is 1. The molecule has 1 fully saturated rings. The first-order valence-electron chi connectivity index (χ1n) is 10.5. The number of likely N-dealkylation sites (tertiary alicyclic amines) is 1. The highest BCUT2D eigenvalue weighted by Gasteiger charge is 2.21. The van der Waals surface area contributed by atoms with Crippen LogP contribution in [-0.4, -0.2) is 41.6 Å². The Morgan fingerprint density at radius 1 is 1.03 bits per heavy atom. The van der Waals surface area contributed by atoms with Gasteiger partial charge < -0.3 is 14.7 Å². The highest BCUT2D eigenvalue weighted by molar-refractivity contribution is 5.88. The molecule has 0 saturated carbocycles. The van der Waals surface area contributed by atoms with Gasteiger partial charge in [0.25, 0.3) is 0 Å². The van der Waals surface area contributed by atoms with Gasteiger partial charge in [-0.1, -0.05) is 54.6 Å². The molecular formula is C26H25NO4. The lowest BCUT2D eigenvalue weighted by Crippen LogP contribution is -2.27. The normalized spacial score (nSPS) is 14.3. The number of amides is 1. The van der Waals surface area contributed by atoms with Crippen LogP contribution in [0.15, 0.2) is 72.3 Å². The number of carbonyl (C=O) groups excluding carboxylic acids is 1. The molecule has 0 atom stereocenters. The van der Waals surface area contributed by atoms with Gasteiger partial charge >= 0.3 is 5.97 Å². The molecule has 5 heteroatoms. The molecule has 31 heavy (non-hydrogen) atoms. The van der Waals surface area contributed by atoms with Crippen molar-refractivity contribution in [3.8, 4) is 5.75 Å². The molecule has 1 amide bonds. The van der Waals surface area contributed by atoms with Crippen LogP contribution in [0, 0.1) is 0 Å². The van der Waals surface area contributed by atoms with Crippen molar-refractivity contribution in [1.29, 1.82) is 0 Å². The van der Waals surface area contributed by atoms with Crippen molar-refractivity contribution in [2.24, 2.45) is 0 Å². The quantitative estimate of drug-likeness (QED) is 0.561. The largest absolute Gasteiger partial charge is 0.493 e. The molecule has 0 aliphatic carbocycles. The summed E-state index contributed by atoms with van der Waals surface area (Å²) in [4.78, 5) is 25.1. The standard InChI is InChI=1S/C26H25NO4/c28-25-9-4-15-27(25)18-20(17-19-10-12-22(13-11-19)26(29)30)14-16-31-24-8-3-6-21-5-1-2-7-23(21)24/h1-3,5-8,10-13,17H,4,9,14-16,18H2,(H,29,30). The number of benzene rings is 3. The van der Waals surface area contributed by atoms with E-state index in [1.807, 2.05) is 41.3 Å². The number of ether oxygens (including phenoxy) is 1. The lowest BCUT2D eigenvalue weighted by Gasteiger charge is -2.19. The van der Waals surface area contributed by atoms with Crippen LogP contribution in [0.1, 0.15) is 35.2 Å². The molecule has 1 N–H and O–H groups in total. The van der Waals surface area contributed by atoms with Gasteiger partial charge in [-0.05, 0) is 41.1 Å². The summed E-state index contributed by atoms with van der Waals surface area (Å²) in [5.74, 6) is 0.0875. The predicted octanol–water partition coefficient (Wildman–Crippen LogP) is 5.01. The van der Waals surface area contributed by atoms with Crippen LogP contribution >= 0.6 is 0 Å². The van der Waals surface area contributed by atoms with Gasteiger partial charge in [0, 0.05) is 31.3 Å². The fraction of sp³-hybridized carbons (Fsp3) is 0.231. The maximum atomic E-state index is 12.1. The zero-order chi connectivity index (χ0) is 21.6. The Balaban J connectivity index is 1.49. The van der Waals surface area contributed by atoms with Gasteiger partial charge in [0.1, 0.15) is 5.75 Å². The number of rotatable bonds is 8. The number of carbonyl (C=O) groups is 2. The van der Waals surface area contributed by atoms with Gasteiger partial charge in [-0.25, -0.2) is 4.79 Å². The third-order valence-electron chi connectivity index (χ3n) is 5.52. The highest BCUT2D eigenvalue weighted by Crippen LogP contribution is 2.26. The fourth-order valence-electron chi connectivity index (χ4n) is 3.88. The molecule has 158 valence electrons. The van der Waals surface area contributed by atoms with Gasteiger partial charge in [0.05, 0.1) is 12.2 Å². The second-order valence-corrected chi connectivity index (χ2v) is 7.72. The second kappa shape index (κ2) is 9.47. The number of carboxylic acids is 1. The highest BCUT2D eigenvalue weighted by atomic mass is 16.5. The van der Waals surface area contributed by atoms with Crippen molar-refractivity contribution in [2.75, 3.05) is 19.7 Å². The molecule has 5 nitrogen and oxygen atoms in total. The zero-order valence-corrected chi connectivity index (χ0v) is 17.3. The van der Waals surface area contributed by atoms with Crippen LogP contribution < -0.4 is 4.74 Å². The molecule has 1 aliphatic rings. The van der Waals surface area contributed by atoms with Gasteiger partial charge in [-0.2, -0.15) is 0 Å². The fourth-order valence-corrected chi connectivity index (χ4v) is 3.88. The monoisotopic (exact) mass is 415 g/mol. The Hall–Kier alpha value is -3.60. The van der Waals surface area contributed by atoms with E-state index in [2.05, 4.69) is 12.1 Å². The molecule has 3 aromatic carbocycles. The lowest BCUT2D eigenvalue weighted by molar-refractivity contribution is -0.127. The van der Waals surface area contributed by atoms with Gasteiger partial charge in [-0.3, -0.25) is 4.79 Å². The van der Waals surface area contributed by atoms with Crippen LogP contribution in [-0.2, 0) is 4.79 Å². The molecule has 1 saturated heterocycles. The van der Waals surface area contributed by atoms with Crippen LogP contribution in [0.5, 0.6) is 5.75 Å². The first-order chi connectivity index (χ1) is 15.1. The van der Waals surface area contributed by atoms with Gasteiger partial charge in [0.15, 0.2) is 0 Å². The van der Waals surface area contributed by atoms with E-state index in [0.29, 0.717) is 26.0 Å². The van der Waals surface area contributed by atoms with E-state index >= 15 is 0 Å². The Labute approximate surface area is 181 Å². The molecule has 3 aromatic rings. The van der Waals surface area contributed by atoms with Crippen LogP contribution in [0.4, 0.5) is 0 Å². The molecule has 0 unspecified atom stereocenters. The predicted molar refractivity (Wildman–Crippen MR) is 121 cm³/mol. The lowest BCUT2D eigenvalue weighted by atomic mass is 10.1. The average molecular weight is 415 g/mol. The Kier molecular flexibility index (Phi) is 6.32. The van der Waals surface area contributed by atoms with Crippen LogP contribution in [0.3, 0.4) is 0 Å². The molecule has 1 aliphatic heterocycles. The molecular weight excluding hydrogens is 390 g/mol. The maximum Gasteiger partial charge on any atom is 0.335 e. The first-order valence-corrected chi connectivity index (χ1v) is 10.5. The Morgan fingerprint density at radius 3 is 2.55 bits per heavy atom. The number of aromatic carboxylic acids is 1. The number of fused-ring (bicyclic) bond motifs is 1. The average Bonchev–Trinajstić information content (AvgIpc) is 3.18. The van der Waals surface area contributed by atoms with Gasteiger partial charge in [-0.15, -0.1) is 0 Å². The van der Waals surface area contributed by atoms with Crippen LogP contribution in [0.2, 0.25) is 0 Å². The van der Waals surface area contributed by atoms with Crippen molar-refractivity contribution >= 4 is 28.7 Å². The summed E-state index contributed by atoms with van der Waals surface area (Å²) in [6, 6.07) is 20.9. The summed E-state index contributed by atoms with van der Waals surface area (Å²) in [6.07, 6.45) is 4.20. The minimum atomic E-state index is -0.943. The Morgan fingerprint density at radius 2 is 1.81 bits per heavy atom. The summed E-state index contributed by atoms with van der Waals surface area (Å²) in [5.41, 5.74) is 2.25. The third kappa shape index (κ3) is 5.12. The van der Waals surface area contributed by atoms with Gasteiger partial charge in [0.2, 0.25) is 5.91 Å². The van der Waals surface area contributed by atoms with Crippen LogP contribution in [0.25, 0.3) is 16.8 Å². The molecule has 0 aromatic heterocycles. The van der Waals surface area contributed by atoms with E-state index < -0.39 is 5.97 Å². The smallest absolute Gasteiger partial charge is 0.335 e. The summed E-state index contributed by atoms with van der Waals surface area (Å²) >= 11 is 0. The number of hydrogen-bond acceptors (Lipinski definition) is 3. The van der Waals surface area contributed by atoms with Crippen molar-refractivity contribution < 1.29 is 19.4 Å². The summed E-state index contributed by atoms with van der Waals surface area (Å²) in [6.45, 7) is 1.84. The molecule has 0 spiro atoms. The summed E-state index contributed by atoms with van der Waals surface area (Å²) < 4.78 is 6.11. The second-order valence-electron chi connectivity index (χ2n) is 7.72. The summed E-state index contributed by atoms with van der Waals surface area (Å²) in [5, 5.41) is 11.3. The van der Waals surface area contributed by atoms with Crippen molar-refractivity contribution in [3.63, 3.8) is 0 Å². The van der Waals surface area contributed by atoms with E-state index in [1.54, 1.807) is 24.3 Å². The molecule has 0 radical (unpaired) electrons. The van der Waals surface area contributed by atoms with E-state index in [0.717, 1.165) is 40.6 Å². The maximum absolute atomic E-state index is 12.1. The van der Waals surface area contributed by atoms with Crippen molar-refractivity contribution in [2.45, 2.75) is 19.3 Å². The van der Waals surface area contributed by atoms with E-state index in [9.17, 15) is 9.59 Å².